The molecule has 0 saturated heterocycles. The summed E-state index contributed by atoms with van der Waals surface area (Å²) in [6, 6.07) is 2.72. The fraction of sp³-hybridized carbons (Fsp3) is 0.393. The van der Waals surface area contributed by atoms with Gasteiger partial charge in [0.25, 0.3) is 5.91 Å². The van der Waals surface area contributed by atoms with Gasteiger partial charge in [-0.05, 0) is 51.0 Å². The van der Waals surface area contributed by atoms with Crippen molar-refractivity contribution >= 4 is 23.6 Å². The number of alkyl halides is 3. The summed E-state index contributed by atoms with van der Waals surface area (Å²) in [5, 5.41) is 4.85. The van der Waals surface area contributed by atoms with Gasteiger partial charge in [-0.2, -0.15) is 13.2 Å². The van der Waals surface area contributed by atoms with E-state index in [4.69, 9.17) is 4.74 Å². The zero-order valence-corrected chi connectivity index (χ0v) is 23.8. The Hall–Kier alpha value is -4.63. The molecule has 0 radical (unpaired) electrons. The number of amides is 3. The summed E-state index contributed by atoms with van der Waals surface area (Å²) in [5.41, 5.74) is -1.80. The van der Waals surface area contributed by atoms with Gasteiger partial charge in [0.15, 0.2) is 17.3 Å². The molecule has 10 nitrogen and oxygen atoms in total. The van der Waals surface area contributed by atoms with Crippen LogP contribution in [0.2, 0.25) is 0 Å². The molecule has 16 heteroatoms. The average Bonchev–Trinajstić information content (AvgIpc) is 3.31. The minimum absolute atomic E-state index is 0.179. The fourth-order valence-corrected chi connectivity index (χ4v) is 4.58. The van der Waals surface area contributed by atoms with Crippen molar-refractivity contribution in [3.05, 3.63) is 76.9 Å². The van der Waals surface area contributed by atoms with Gasteiger partial charge in [-0.25, -0.2) is 22.9 Å². The van der Waals surface area contributed by atoms with Crippen molar-refractivity contribution in [2.75, 3.05) is 11.9 Å². The molecule has 236 valence electrons. The van der Waals surface area contributed by atoms with Crippen molar-refractivity contribution in [1.29, 1.82) is 0 Å². The summed E-state index contributed by atoms with van der Waals surface area (Å²) in [7, 11) is 0. The number of hydrogen-bond acceptors (Lipinski definition) is 6. The van der Waals surface area contributed by atoms with E-state index in [0.717, 1.165) is 9.47 Å². The van der Waals surface area contributed by atoms with E-state index in [9.17, 15) is 40.7 Å². The molecule has 0 saturated carbocycles. The molecule has 1 aromatic carbocycles. The van der Waals surface area contributed by atoms with Gasteiger partial charge in [0, 0.05) is 37.8 Å². The predicted octanol–water partition coefficient (Wildman–Crippen LogP) is 4.83. The molecule has 2 aromatic heterocycles. The van der Waals surface area contributed by atoms with Crippen LogP contribution in [0.3, 0.4) is 0 Å². The molecule has 3 amide bonds. The second-order valence-corrected chi connectivity index (χ2v) is 11.0. The number of nitrogens with zero attached hydrogens (tertiary/aromatic N) is 4. The molecule has 4 rings (SSSR count). The maximum absolute atomic E-state index is 14.4. The number of hydrogen-bond donors (Lipinski definition) is 2. The third-order valence-electron chi connectivity index (χ3n) is 6.44. The lowest BCUT2D eigenvalue weighted by molar-refractivity contribution is -0.148. The molecule has 1 aliphatic heterocycles. The van der Waals surface area contributed by atoms with Crippen LogP contribution in [-0.2, 0) is 35.2 Å². The Balaban J connectivity index is 1.58. The Morgan fingerprint density at radius 3 is 2.39 bits per heavy atom. The zero-order valence-electron chi connectivity index (χ0n) is 23.8. The molecule has 1 atom stereocenters. The summed E-state index contributed by atoms with van der Waals surface area (Å²) in [6.07, 6.45) is -4.12. The van der Waals surface area contributed by atoms with Crippen molar-refractivity contribution in [1.82, 2.24) is 24.8 Å². The van der Waals surface area contributed by atoms with Crippen LogP contribution in [0.4, 0.5) is 36.8 Å². The lowest BCUT2D eigenvalue weighted by Gasteiger charge is -2.31. The molecule has 2 N–H and O–H groups in total. The predicted molar refractivity (Wildman–Crippen MR) is 143 cm³/mol. The molecular formula is C28H28F6N6O4. The molecule has 0 aliphatic carbocycles. The highest BCUT2D eigenvalue weighted by Gasteiger charge is 2.42. The Kier molecular flexibility index (Phi) is 9.20. The van der Waals surface area contributed by atoms with E-state index in [0.29, 0.717) is 12.1 Å². The standard InChI is InChI=1S/C28H28F6N6O4/c1-27(2,3)44-26(43)37-17(9-15-10-19(30)20(31)12-18(15)29)11-22(41)39-7-8-40-21(14-39)23(38-25(40)28(32,33)34)24(42)36-16-5-4-6-35-13-16/h4-6,10,12-13,17H,7-9,11,14H2,1-3H3,(H,36,42)(H,37,43)/t17-/m1/s1. The van der Waals surface area contributed by atoms with E-state index < -0.39 is 84.1 Å². The Morgan fingerprint density at radius 2 is 1.75 bits per heavy atom. The van der Waals surface area contributed by atoms with Gasteiger partial charge in [0.05, 0.1) is 24.1 Å². The van der Waals surface area contributed by atoms with Crippen LogP contribution >= 0.6 is 0 Å². The average molecular weight is 627 g/mol. The molecule has 44 heavy (non-hydrogen) atoms. The number of halogens is 6. The van der Waals surface area contributed by atoms with Gasteiger partial charge in [-0.1, -0.05) is 0 Å². The molecule has 0 unspecified atom stereocenters. The Morgan fingerprint density at radius 1 is 1.05 bits per heavy atom. The lowest BCUT2D eigenvalue weighted by atomic mass is 10.0. The first-order valence-corrected chi connectivity index (χ1v) is 13.3. The number of aromatic nitrogens is 3. The normalized spacial score (nSPS) is 14.1. The van der Waals surface area contributed by atoms with E-state index >= 15 is 0 Å². The third kappa shape index (κ3) is 7.85. The smallest absolute Gasteiger partial charge is 0.444 e. The number of ether oxygens (including phenoxy) is 1. The summed E-state index contributed by atoms with van der Waals surface area (Å²) in [4.78, 5) is 47.4. The van der Waals surface area contributed by atoms with Crippen molar-refractivity contribution in [2.45, 2.75) is 64.5 Å². The number of carbonyl (C=O) groups excluding carboxylic acids is 3. The first-order chi connectivity index (χ1) is 20.5. The SMILES string of the molecule is CC(C)(C)OC(=O)N[C@@H](CC(=O)N1CCn2c(C(F)(F)F)nc(C(=O)Nc3cccnc3)c2C1)Cc1cc(F)c(F)cc1F. The first-order valence-electron chi connectivity index (χ1n) is 13.3. The molecule has 3 heterocycles. The summed E-state index contributed by atoms with van der Waals surface area (Å²) in [5.74, 6) is -6.83. The van der Waals surface area contributed by atoms with E-state index in [-0.39, 0.29) is 30.0 Å². The molecule has 3 aromatic rings. The number of nitrogens with one attached hydrogen (secondary N) is 2. The highest BCUT2D eigenvalue weighted by Crippen LogP contribution is 2.33. The third-order valence-corrected chi connectivity index (χ3v) is 6.44. The molecular weight excluding hydrogens is 598 g/mol. The monoisotopic (exact) mass is 626 g/mol. The Labute approximate surface area is 247 Å². The van der Waals surface area contributed by atoms with E-state index in [2.05, 4.69) is 20.6 Å². The number of rotatable bonds is 7. The second-order valence-electron chi connectivity index (χ2n) is 11.0. The Bertz CT molecular complexity index is 1550. The van der Waals surface area contributed by atoms with Crippen molar-refractivity contribution in [3.8, 4) is 0 Å². The minimum Gasteiger partial charge on any atom is -0.444 e. The van der Waals surface area contributed by atoms with Gasteiger partial charge < -0.3 is 24.8 Å². The summed E-state index contributed by atoms with van der Waals surface area (Å²) < 4.78 is 89.2. The number of pyridine rings is 1. The first kappa shape index (κ1) is 32.3. The van der Waals surface area contributed by atoms with Crippen LogP contribution in [0, 0.1) is 17.5 Å². The molecule has 0 bridgehead atoms. The maximum atomic E-state index is 14.4. The van der Waals surface area contributed by atoms with Gasteiger partial charge in [-0.15, -0.1) is 0 Å². The zero-order chi connectivity index (χ0) is 32.4. The van der Waals surface area contributed by atoms with Crippen LogP contribution in [0.25, 0.3) is 0 Å². The minimum atomic E-state index is -4.90. The number of alkyl carbamates (subject to hydrolysis) is 1. The molecule has 0 fully saturated rings. The number of carbonyl (C=O) groups is 3. The van der Waals surface area contributed by atoms with Crippen molar-refractivity contribution in [3.63, 3.8) is 0 Å². The second kappa shape index (κ2) is 12.5. The quantitative estimate of drug-likeness (QED) is 0.287. The van der Waals surface area contributed by atoms with Crippen LogP contribution in [-0.4, -0.2) is 55.5 Å². The van der Waals surface area contributed by atoms with Gasteiger partial charge in [0.2, 0.25) is 11.7 Å². The van der Waals surface area contributed by atoms with Gasteiger partial charge >= 0.3 is 12.3 Å². The van der Waals surface area contributed by atoms with Crippen LogP contribution in [0.5, 0.6) is 0 Å². The largest absolute Gasteiger partial charge is 0.449 e. The topological polar surface area (TPSA) is 118 Å². The van der Waals surface area contributed by atoms with Crippen LogP contribution < -0.4 is 10.6 Å². The number of fused-ring (bicyclic) bond motifs is 1. The number of benzene rings is 1. The van der Waals surface area contributed by atoms with Crippen LogP contribution in [0.1, 0.15) is 54.8 Å². The molecule has 0 spiro atoms. The number of anilines is 1. The lowest BCUT2D eigenvalue weighted by Crippen LogP contribution is -2.45. The van der Waals surface area contributed by atoms with Gasteiger partial charge in [0.1, 0.15) is 11.4 Å². The summed E-state index contributed by atoms with van der Waals surface area (Å²) in [6.45, 7) is 3.72. The van der Waals surface area contributed by atoms with Gasteiger partial charge in [-0.3, -0.25) is 14.6 Å². The van der Waals surface area contributed by atoms with E-state index in [1.54, 1.807) is 20.8 Å². The molecule has 1 aliphatic rings. The highest BCUT2D eigenvalue weighted by atomic mass is 19.4. The fourth-order valence-electron chi connectivity index (χ4n) is 4.58. The van der Waals surface area contributed by atoms with Crippen LogP contribution in [0.15, 0.2) is 36.7 Å². The maximum Gasteiger partial charge on any atom is 0.449 e. The van der Waals surface area contributed by atoms with Crippen molar-refractivity contribution < 1.29 is 45.5 Å². The van der Waals surface area contributed by atoms with E-state index in [1.807, 2.05) is 0 Å². The summed E-state index contributed by atoms with van der Waals surface area (Å²) >= 11 is 0. The highest BCUT2D eigenvalue weighted by molar-refractivity contribution is 6.03. The van der Waals surface area contributed by atoms with Crippen molar-refractivity contribution in [2.24, 2.45) is 0 Å². The number of imidazole rings is 1. The van der Waals surface area contributed by atoms with E-state index in [1.165, 1.54) is 24.5 Å².